The number of nitrogens with two attached hydrogens (primary N) is 1. The highest BCUT2D eigenvalue weighted by Gasteiger charge is 2.12. The summed E-state index contributed by atoms with van der Waals surface area (Å²) in [5.74, 6) is -1.24. The van der Waals surface area contributed by atoms with Crippen LogP contribution in [-0.2, 0) is 16.0 Å². The standard InChI is InChI=1S/C13H18N2O3/c14-11(13(17)18)6-7-12(16)15-9-8-10-4-2-1-3-5-10/h1-5,11H,6-9,14H2,(H,15,16)(H,17,18). The van der Waals surface area contributed by atoms with Gasteiger partial charge in [0.15, 0.2) is 0 Å². The van der Waals surface area contributed by atoms with Crippen LogP contribution in [0.5, 0.6) is 0 Å². The summed E-state index contributed by atoms with van der Waals surface area (Å²) in [4.78, 5) is 21.9. The fourth-order valence-corrected chi connectivity index (χ4v) is 1.49. The molecule has 0 heterocycles. The van der Waals surface area contributed by atoms with Crippen LogP contribution in [-0.4, -0.2) is 29.6 Å². The number of carbonyl (C=O) groups excluding carboxylic acids is 1. The molecule has 1 aromatic rings. The molecular formula is C13H18N2O3. The van der Waals surface area contributed by atoms with Crippen molar-refractivity contribution in [3.8, 4) is 0 Å². The summed E-state index contributed by atoms with van der Waals surface area (Å²) in [6.45, 7) is 0.547. The van der Waals surface area contributed by atoms with E-state index in [1.54, 1.807) is 0 Å². The maximum Gasteiger partial charge on any atom is 0.320 e. The Morgan fingerprint density at radius 3 is 2.56 bits per heavy atom. The number of rotatable bonds is 7. The first kappa shape index (κ1) is 14.2. The van der Waals surface area contributed by atoms with Gasteiger partial charge in [-0.25, -0.2) is 0 Å². The molecule has 0 bridgehead atoms. The van der Waals surface area contributed by atoms with E-state index in [9.17, 15) is 9.59 Å². The largest absolute Gasteiger partial charge is 0.480 e. The fraction of sp³-hybridized carbons (Fsp3) is 0.385. The van der Waals surface area contributed by atoms with Crippen LogP contribution in [0.1, 0.15) is 18.4 Å². The highest BCUT2D eigenvalue weighted by Crippen LogP contribution is 1.99. The Labute approximate surface area is 106 Å². The molecule has 1 unspecified atom stereocenters. The predicted octanol–water partition coefficient (Wildman–Crippen LogP) is 0.537. The van der Waals surface area contributed by atoms with Crippen molar-refractivity contribution in [2.45, 2.75) is 25.3 Å². The summed E-state index contributed by atoms with van der Waals surface area (Å²) in [5, 5.41) is 11.3. The van der Waals surface area contributed by atoms with E-state index < -0.39 is 12.0 Å². The summed E-state index contributed by atoms with van der Waals surface area (Å²) in [5.41, 5.74) is 6.46. The summed E-state index contributed by atoms with van der Waals surface area (Å²) in [7, 11) is 0. The lowest BCUT2D eigenvalue weighted by Gasteiger charge is -2.07. The number of amides is 1. The van der Waals surface area contributed by atoms with Gasteiger partial charge in [-0.05, 0) is 18.4 Å². The second-order valence-corrected chi connectivity index (χ2v) is 4.07. The lowest BCUT2D eigenvalue weighted by Crippen LogP contribution is -2.33. The zero-order valence-corrected chi connectivity index (χ0v) is 10.1. The molecule has 0 aliphatic carbocycles. The third-order valence-corrected chi connectivity index (χ3v) is 2.58. The van der Waals surface area contributed by atoms with Gasteiger partial charge in [-0.3, -0.25) is 9.59 Å². The highest BCUT2D eigenvalue weighted by atomic mass is 16.4. The van der Waals surface area contributed by atoms with Gasteiger partial charge < -0.3 is 16.2 Å². The van der Waals surface area contributed by atoms with Gasteiger partial charge in [0.2, 0.25) is 5.91 Å². The minimum absolute atomic E-state index is 0.141. The number of hydrogen-bond acceptors (Lipinski definition) is 3. The van der Waals surface area contributed by atoms with E-state index in [2.05, 4.69) is 5.32 Å². The molecule has 5 nitrogen and oxygen atoms in total. The van der Waals surface area contributed by atoms with E-state index in [1.807, 2.05) is 30.3 Å². The van der Waals surface area contributed by atoms with E-state index >= 15 is 0 Å². The Balaban J connectivity index is 2.16. The van der Waals surface area contributed by atoms with Crippen LogP contribution in [0.15, 0.2) is 30.3 Å². The molecule has 0 aliphatic heterocycles. The maximum atomic E-state index is 11.4. The third-order valence-electron chi connectivity index (χ3n) is 2.58. The van der Waals surface area contributed by atoms with Gasteiger partial charge in [0.05, 0.1) is 0 Å². The van der Waals surface area contributed by atoms with Crippen LogP contribution in [0.4, 0.5) is 0 Å². The smallest absolute Gasteiger partial charge is 0.320 e. The topological polar surface area (TPSA) is 92.4 Å². The zero-order chi connectivity index (χ0) is 13.4. The Kier molecular flexibility index (Phi) is 5.87. The van der Waals surface area contributed by atoms with E-state index in [-0.39, 0.29) is 18.7 Å². The molecule has 0 saturated carbocycles. The number of nitrogens with one attached hydrogen (secondary N) is 1. The van der Waals surface area contributed by atoms with Crippen molar-refractivity contribution in [1.82, 2.24) is 5.32 Å². The summed E-state index contributed by atoms with van der Waals surface area (Å²) in [6.07, 6.45) is 1.06. The summed E-state index contributed by atoms with van der Waals surface area (Å²) in [6, 6.07) is 8.85. The Morgan fingerprint density at radius 1 is 1.28 bits per heavy atom. The highest BCUT2D eigenvalue weighted by molar-refractivity contribution is 5.78. The van der Waals surface area contributed by atoms with Crippen molar-refractivity contribution in [3.05, 3.63) is 35.9 Å². The average molecular weight is 250 g/mol. The minimum atomic E-state index is -1.08. The van der Waals surface area contributed by atoms with Gasteiger partial charge in [-0.15, -0.1) is 0 Å². The van der Waals surface area contributed by atoms with Gasteiger partial charge >= 0.3 is 5.97 Å². The van der Waals surface area contributed by atoms with Crippen molar-refractivity contribution in [3.63, 3.8) is 0 Å². The van der Waals surface area contributed by atoms with Crippen LogP contribution in [0.25, 0.3) is 0 Å². The van der Waals surface area contributed by atoms with Crippen molar-refractivity contribution in [1.29, 1.82) is 0 Å². The second kappa shape index (κ2) is 7.45. The molecule has 0 radical (unpaired) electrons. The Hall–Kier alpha value is -1.88. The maximum absolute atomic E-state index is 11.4. The Bertz CT molecular complexity index is 392. The third kappa shape index (κ3) is 5.45. The van der Waals surface area contributed by atoms with Crippen molar-refractivity contribution >= 4 is 11.9 Å². The zero-order valence-electron chi connectivity index (χ0n) is 10.1. The lowest BCUT2D eigenvalue weighted by molar-refractivity contribution is -0.138. The number of carboxylic acids is 1. The molecule has 5 heteroatoms. The number of aliphatic carboxylic acids is 1. The molecule has 1 rings (SSSR count). The van der Waals surface area contributed by atoms with Crippen LogP contribution in [0, 0.1) is 0 Å². The van der Waals surface area contributed by atoms with E-state index in [0.29, 0.717) is 6.54 Å². The molecular weight excluding hydrogens is 232 g/mol. The first-order valence-corrected chi connectivity index (χ1v) is 5.88. The van der Waals surface area contributed by atoms with Gasteiger partial charge in [-0.2, -0.15) is 0 Å². The number of carboxylic acid groups (broad SMARTS) is 1. The van der Waals surface area contributed by atoms with Gasteiger partial charge in [0, 0.05) is 13.0 Å². The summed E-state index contributed by atoms with van der Waals surface area (Å²) < 4.78 is 0. The van der Waals surface area contributed by atoms with E-state index in [1.165, 1.54) is 0 Å². The van der Waals surface area contributed by atoms with Crippen LogP contribution in [0.3, 0.4) is 0 Å². The summed E-state index contributed by atoms with van der Waals surface area (Å²) >= 11 is 0. The van der Waals surface area contributed by atoms with E-state index in [4.69, 9.17) is 10.8 Å². The molecule has 0 aliphatic rings. The molecule has 1 aromatic carbocycles. The number of hydrogen-bond donors (Lipinski definition) is 3. The van der Waals surface area contributed by atoms with Crippen LogP contribution in [0.2, 0.25) is 0 Å². The number of benzene rings is 1. The van der Waals surface area contributed by atoms with Crippen molar-refractivity contribution < 1.29 is 14.7 Å². The molecule has 0 aromatic heterocycles. The minimum Gasteiger partial charge on any atom is -0.480 e. The van der Waals surface area contributed by atoms with Crippen molar-refractivity contribution in [2.75, 3.05) is 6.54 Å². The van der Waals surface area contributed by atoms with Crippen LogP contribution >= 0.6 is 0 Å². The molecule has 0 spiro atoms. The normalized spacial score (nSPS) is 11.8. The molecule has 1 amide bonds. The predicted molar refractivity (Wildman–Crippen MR) is 68.0 cm³/mol. The van der Waals surface area contributed by atoms with Gasteiger partial charge in [-0.1, -0.05) is 30.3 Å². The number of carbonyl (C=O) groups is 2. The van der Waals surface area contributed by atoms with Crippen molar-refractivity contribution in [2.24, 2.45) is 5.73 Å². The lowest BCUT2D eigenvalue weighted by atomic mass is 10.1. The average Bonchev–Trinajstić information content (AvgIpc) is 2.37. The molecule has 4 N–H and O–H groups in total. The quantitative estimate of drug-likeness (QED) is 0.658. The molecule has 18 heavy (non-hydrogen) atoms. The molecule has 0 saturated heterocycles. The second-order valence-electron chi connectivity index (χ2n) is 4.07. The molecule has 0 fully saturated rings. The fourth-order valence-electron chi connectivity index (χ4n) is 1.49. The molecule has 98 valence electrons. The van der Waals surface area contributed by atoms with Gasteiger partial charge in [0.25, 0.3) is 0 Å². The SMILES string of the molecule is NC(CCC(=O)NCCc1ccccc1)C(=O)O. The first-order chi connectivity index (χ1) is 8.59. The van der Waals surface area contributed by atoms with E-state index in [0.717, 1.165) is 12.0 Å². The Morgan fingerprint density at radius 2 is 1.94 bits per heavy atom. The first-order valence-electron chi connectivity index (χ1n) is 5.88. The monoisotopic (exact) mass is 250 g/mol. The van der Waals surface area contributed by atoms with Gasteiger partial charge in [0.1, 0.15) is 6.04 Å². The molecule has 1 atom stereocenters. The van der Waals surface area contributed by atoms with Crippen LogP contribution < -0.4 is 11.1 Å².